The maximum Gasteiger partial charge on any atom is 0.257 e. The van der Waals surface area contributed by atoms with E-state index in [0.717, 1.165) is 10.2 Å². The van der Waals surface area contributed by atoms with Gasteiger partial charge in [-0.05, 0) is 59.0 Å². The molecule has 0 bridgehead atoms. The highest BCUT2D eigenvalue weighted by Crippen LogP contribution is 2.23. The molecule has 0 spiro atoms. The number of rotatable bonds is 5. The van der Waals surface area contributed by atoms with Crippen LogP contribution in [0.25, 0.3) is 5.69 Å². The Labute approximate surface area is 168 Å². The summed E-state index contributed by atoms with van der Waals surface area (Å²) < 4.78 is 8.11. The quantitative estimate of drug-likeness (QED) is 0.510. The van der Waals surface area contributed by atoms with Crippen LogP contribution in [0.2, 0.25) is 0 Å². The molecule has 1 N–H and O–H groups in total. The Balaban J connectivity index is 1.40. The summed E-state index contributed by atoms with van der Waals surface area (Å²) in [6.45, 7) is 0. The van der Waals surface area contributed by atoms with Gasteiger partial charge in [-0.2, -0.15) is 0 Å². The van der Waals surface area contributed by atoms with E-state index in [-0.39, 0.29) is 5.91 Å². The molecule has 4 rings (SSSR count). The van der Waals surface area contributed by atoms with Gasteiger partial charge in [-0.15, -0.1) is 5.10 Å². The molecule has 4 aromatic rings. The number of hydrogen-bond acceptors (Lipinski definition) is 6. The van der Waals surface area contributed by atoms with E-state index in [1.807, 2.05) is 24.3 Å². The lowest BCUT2D eigenvalue weighted by Gasteiger charge is -2.08. The van der Waals surface area contributed by atoms with Crippen LogP contribution in [0.3, 0.4) is 0 Å². The number of ether oxygens (including phenoxy) is 1. The minimum atomic E-state index is -0.267. The standard InChI is InChI=1S/C19H13BrN6O2/c20-14-2-1-3-17(10-14)28-18-9-4-13(11-21-18)19(27)23-15-5-7-16(8-6-15)26-12-22-24-25-26/h1-12H,(H,23,27). The molecule has 0 radical (unpaired) electrons. The lowest BCUT2D eigenvalue weighted by atomic mass is 10.2. The van der Waals surface area contributed by atoms with Gasteiger partial charge in [0.1, 0.15) is 12.1 Å². The summed E-state index contributed by atoms with van der Waals surface area (Å²) in [4.78, 5) is 16.6. The molecule has 1 amide bonds. The summed E-state index contributed by atoms with van der Waals surface area (Å²) in [5, 5.41) is 13.8. The number of carbonyl (C=O) groups is 1. The molecule has 2 aromatic heterocycles. The van der Waals surface area contributed by atoms with Crippen LogP contribution in [0.15, 0.2) is 77.7 Å². The van der Waals surface area contributed by atoms with Crippen molar-refractivity contribution in [2.24, 2.45) is 0 Å². The number of benzene rings is 2. The molecular weight excluding hydrogens is 424 g/mol. The zero-order valence-corrected chi connectivity index (χ0v) is 15.9. The number of aromatic nitrogens is 5. The van der Waals surface area contributed by atoms with Gasteiger partial charge in [0, 0.05) is 22.4 Å². The number of carbonyl (C=O) groups excluding carboxylic acids is 1. The average molecular weight is 437 g/mol. The fourth-order valence-corrected chi connectivity index (χ4v) is 2.78. The number of nitrogens with one attached hydrogen (secondary N) is 1. The van der Waals surface area contributed by atoms with E-state index >= 15 is 0 Å². The molecule has 28 heavy (non-hydrogen) atoms. The first-order valence-corrected chi connectivity index (χ1v) is 9.01. The number of amides is 1. The maximum absolute atomic E-state index is 12.4. The van der Waals surface area contributed by atoms with Crippen LogP contribution in [0.1, 0.15) is 10.4 Å². The summed E-state index contributed by atoms with van der Waals surface area (Å²) in [5.41, 5.74) is 1.86. The number of nitrogens with zero attached hydrogens (tertiary/aromatic N) is 5. The Kier molecular flexibility index (Phi) is 5.07. The Hall–Kier alpha value is -3.59. The first-order chi connectivity index (χ1) is 13.7. The predicted octanol–water partition coefficient (Wildman–Crippen LogP) is 3.86. The van der Waals surface area contributed by atoms with Crippen molar-refractivity contribution in [2.75, 3.05) is 5.32 Å². The summed E-state index contributed by atoms with van der Waals surface area (Å²) >= 11 is 3.39. The fourth-order valence-electron chi connectivity index (χ4n) is 2.41. The number of tetrazole rings is 1. The zero-order chi connectivity index (χ0) is 19.3. The first kappa shape index (κ1) is 17.8. The van der Waals surface area contributed by atoms with E-state index in [9.17, 15) is 4.79 Å². The molecule has 0 atom stereocenters. The maximum atomic E-state index is 12.4. The topological polar surface area (TPSA) is 94.8 Å². The second-order valence-electron chi connectivity index (χ2n) is 5.70. The first-order valence-electron chi connectivity index (χ1n) is 8.22. The van der Waals surface area contributed by atoms with E-state index in [2.05, 4.69) is 41.8 Å². The van der Waals surface area contributed by atoms with E-state index in [0.29, 0.717) is 22.9 Å². The van der Waals surface area contributed by atoms with Crippen LogP contribution < -0.4 is 10.1 Å². The smallest absolute Gasteiger partial charge is 0.257 e. The third kappa shape index (κ3) is 4.21. The van der Waals surface area contributed by atoms with Gasteiger partial charge in [0.25, 0.3) is 5.91 Å². The lowest BCUT2D eigenvalue weighted by Crippen LogP contribution is -2.12. The largest absolute Gasteiger partial charge is 0.439 e. The van der Waals surface area contributed by atoms with E-state index < -0.39 is 0 Å². The molecule has 0 aliphatic rings. The van der Waals surface area contributed by atoms with Crippen molar-refractivity contribution in [3.63, 3.8) is 0 Å². The van der Waals surface area contributed by atoms with Crippen LogP contribution in [0.4, 0.5) is 5.69 Å². The highest BCUT2D eigenvalue weighted by atomic mass is 79.9. The highest BCUT2D eigenvalue weighted by Gasteiger charge is 2.08. The van der Waals surface area contributed by atoms with Crippen molar-refractivity contribution in [1.29, 1.82) is 0 Å². The highest BCUT2D eigenvalue weighted by molar-refractivity contribution is 9.10. The van der Waals surface area contributed by atoms with Gasteiger partial charge >= 0.3 is 0 Å². The van der Waals surface area contributed by atoms with Gasteiger partial charge in [-0.3, -0.25) is 4.79 Å². The van der Waals surface area contributed by atoms with Crippen LogP contribution >= 0.6 is 15.9 Å². The second kappa shape index (κ2) is 7.97. The van der Waals surface area contributed by atoms with Crippen molar-refractivity contribution in [1.82, 2.24) is 25.2 Å². The molecule has 2 aromatic carbocycles. The molecule has 0 saturated heterocycles. The Morgan fingerprint density at radius 2 is 1.93 bits per heavy atom. The monoisotopic (exact) mass is 436 g/mol. The van der Waals surface area contributed by atoms with Gasteiger partial charge in [-0.25, -0.2) is 9.67 Å². The molecule has 8 nitrogen and oxygen atoms in total. The summed E-state index contributed by atoms with van der Waals surface area (Å²) in [5.74, 6) is 0.791. The number of halogens is 1. The van der Waals surface area contributed by atoms with E-state index in [4.69, 9.17) is 4.74 Å². The average Bonchev–Trinajstić information content (AvgIpc) is 3.24. The molecule has 0 aliphatic heterocycles. The molecule has 9 heteroatoms. The second-order valence-corrected chi connectivity index (χ2v) is 6.62. The summed E-state index contributed by atoms with van der Waals surface area (Å²) in [6.07, 6.45) is 2.97. The van der Waals surface area contributed by atoms with Crippen LogP contribution in [0, 0.1) is 0 Å². The van der Waals surface area contributed by atoms with Gasteiger partial charge < -0.3 is 10.1 Å². The van der Waals surface area contributed by atoms with E-state index in [1.165, 1.54) is 17.2 Å². The van der Waals surface area contributed by atoms with Gasteiger partial charge in [-0.1, -0.05) is 22.0 Å². The molecule has 0 saturated carbocycles. The molecule has 0 aliphatic carbocycles. The van der Waals surface area contributed by atoms with Crippen LogP contribution in [0.5, 0.6) is 11.6 Å². The van der Waals surface area contributed by atoms with Gasteiger partial charge in [0.15, 0.2) is 0 Å². The molecule has 0 fully saturated rings. The third-order valence-electron chi connectivity index (χ3n) is 3.76. The van der Waals surface area contributed by atoms with E-state index in [1.54, 1.807) is 36.4 Å². The van der Waals surface area contributed by atoms with Gasteiger partial charge in [0.05, 0.1) is 11.3 Å². The minimum Gasteiger partial charge on any atom is -0.439 e. The lowest BCUT2D eigenvalue weighted by molar-refractivity contribution is 0.102. The van der Waals surface area contributed by atoms with Gasteiger partial charge in [0.2, 0.25) is 5.88 Å². The molecule has 138 valence electrons. The van der Waals surface area contributed by atoms with Crippen molar-refractivity contribution >= 4 is 27.5 Å². The van der Waals surface area contributed by atoms with Crippen molar-refractivity contribution < 1.29 is 9.53 Å². The Morgan fingerprint density at radius 1 is 1.07 bits per heavy atom. The zero-order valence-electron chi connectivity index (χ0n) is 14.4. The third-order valence-corrected chi connectivity index (χ3v) is 4.25. The number of anilines is 1. The Morgan fingerprint density at radius 3 is 2.61 bits per heavy atom. The van der Waals surface area contributed by atoms with Crippen LogP contribution in [-0.2, 0) is 0 Å². The normalized spacial score (nSPS) is 10.5. The Bertz CT molecular complexity index is 1080. The molecule has 2 heterocycles. The van der Waals surface area contributed by atoms with Crippen molar-refractivity contribution in [3.05, 3.63) is 83.2 Å². The molecule has 0 unspecified atom stereocenters. The number of hydrogen-bond donors (Lipinski definition) is 1. The fraction of sp³-hybridized carbons (Fsp3) is 0. The summed E-state index contributed by atoms with van der Waals surface area (Å²) in [7, 11) is 0. The predicted molar refractivity (Wildman–Crippen MR) is 106 cm³/mol. The van der Waals surface area contributed by atoms with Crippen LogP contribution in [-0.4, -0.2) is 31.1 Å². The summed E-state index contributed by atoms with van der Waals surface area (Å²) in [6, 6.07) is 17.9. The molecular formula is C19H13BrN6O2. The minimum absolute atomic E-state index is 0.267. The van der Waals surface area contributed by atoms with Crippen molar-refractivity contribution in [2.45, 2.75) is 0 Å². The SMILES string of the molecule is O=C(Nc1ccc(-n2cnnn2)cc1)c1ccc(Oc2cccc(Br)c2)nc1. The van der Waals surface area contributed by atoms with Crippen molar-refractivity contribution in [3.8, 4) is 17.3 Å². The number of pyridine rings is 1.